The van der Waals surface area contributed by atoms with E-state index in [0.717, 1.165) is 45.3 Å². The molecule has 0 aliphatic carbocycles. The Morgan fingerprint density at radius 2 is 2.03 bits per heavy atom. The third-order valence-corrected chi connectivity index (χ3v) is 5.80. The van der Waals surface area contributed by atoms with Gasteiger partial charge >= 0.3 is 0 Å². The van der Waals surface area contributed by atoms with Crippen LogP contribution < -0.4 is 10.1 Å². The Kier molecular flexibility index (Phi) is 5.53. The van der Waals surface area contributed by atoms with Gasteiger partial charge in [0.1, 0.15) is 11.9 Å². The van der Waals surface area contributed by atoms with Crippen LogP contribution >= 0.6 is 11.8 Å². The molecule has 0 spiro atoms. The van der Waals surface area contributed by atoms with Crippen molar-refractivity contribution < 1.29 is 9.53 Å². The molecule has 29 heavy (non-hydrogen) atoms. The topological polar surface area (TPSA) is 64.1 Å². The van der Waals surface area contributed by atoms with E-state index in [4.69, 9.17) is 4.74 Å². The SMILES string of the molecule is CSc1ccccc1C(=O)NC[C@H]1Cc2cccc(-c3nc(C)cnc3C)c2O1. The molecule has 2 aromatic carbocycles. The van der Waals surface area contributed by atoms with Crippen molar-refractivity contribution in [3.05, 3.63) is 71.2 Å². The summed E-state index contributed by atoms with van der Waals surface area (Å²) in [5.41, 5.74) is 5.38. The molecule has 1 N–H and O–H groups in total. The number of benzene rings is 2. The van der Waals surface area contributed by atoms with Gasteiger partial charge in [0.05, 0.1) is 29.2 Å². The molecule has 0 saturated carbocycles. The van der Waals surface area contributed by atoms with Gasteiger partial charge in [-0.3, -0.25) is 9.78 Å². The number of fused-ring (bicyclic) bond motifs is 1. The summed E-state index contributed by atoms with van der Waals surface area (Å²) in [6.07, 6.45) is 4.40. The third kappa shape index (κ3) is 3.98. The van der Waals surface area contributed by atoms with Crippen LogP contribution in [0.15, 0.2) is 53.6 Å². The van der Waals surface area contributed by atoms with Gasteiger partial charge in [0.25, 0.3) is 5.91 Å². The monoisotopic (exact) mass is 405 g/mol. The standard InChI is InChI=1S/C23H23N3O2S/c1-14-12-24-15(2)21(26-14)19-9-6-7-16-11-17(28-22(16)19)13-25-23(27)18-8-4-5-10-20(18)29-3/h4-10,12,17H,11,13H2,1-3H3,(H,25,27)/t17-/m1/s1. The van der Waals surface area contributed by atoms with Crippen molar-refractivity contribution in [2.75, 3.05) is 12.8 Å². The van der Waals surface area contributed by atoms with Crippen molar-refractivity contribution in [1.82, 2.24) is 15.3 Å². The number of ether oxygens (including phenoxy) is 1. The van der Waals surface area contributed by atoms with Crippen molar-refractivity contribution in [2.24, 2.45) is 0 Å². The van der Waals surface area contributed by atoms with E-state index >= 15 is 0 Å². The maximum Gasteiger partial charge on any atom is 0.252 e. The lowest BCUT2D eigenvalue weighted by atomic mass is 10.0. The van der Waals surface area contributed by atoms with Crippen LogP contribution in [0.3, 0.4) is 0 Å². The number of carbonyl (C=O) groups is 1. The first-order valence-corrected chi connectivity index (χ1v) is 10.8. The molecule has 6 heteroatoms. The number of thioether (sulfide) groups is 1. The summed E-state index contributed by atoms with van der Waals surface area (Å²) in [7, 11) is 0. The molecule has 1 aliphatic heterocycles. The van der Waals surface area contributed by atoms with E-state index in [-0.39, 0.29) is 12.0 Å². The van der Waals surface area contributed by atoms with Crippen LogP contribution in [0.5, 0.6) is 5.75 Å². The molecule has 0 fully saturated rings. The molecule has 0 saturated heterocycles. The quantitative estimate of drug-likeness (QED) is 0.644. The minimum atomic E-state index is -0.102. The lowest BCUT2D eigenvalue weighted by Gasteiger charge is -2.15. The summed E-state index contributed by atoms with van der Waals surface area (Å²) in [4.78, 5) is 22.7. The number of hydrogen-bond donors (Lipinski definition) is 1. The van der Waals surface area contributed by atoms with Gasteiger partial charge in [-0.05, 0) is 43.9 Å². The highest BCUT2D eigenvalue weighted by Gasteiger charge is 2.27. The second-order valence-corrected chi connectivity index (χ2v) is 7.94. The zero-order valence-corrected chi connectivity index (χ0v) is 17.5. The largest absolute Gasteiger partial charge is 0.487 e. The van der Waals surface area contributed by atoms with Crippen molar-refractivity contribution in [2.45, 2.75) is 31.3 Å². The lowest BCUT2D eigenvalue weighted by molar-refractivity contribution is 0.0930. The van der Waals surface area contributed by atoms with E-state index in [1.54, 1.807) is 18.0 Å². The van der Waals surface area contributed by atoms with E-state index < -0.39 is 0 Å². The van der Waals surface area contributed by atoms with E-state index in [1.165, 1.54) is 0 Å². The highest BCUT2D eigenvalue weighted by molar-refractivity contribution is 7.98. The summed E-state index contributed by atoms with van der Waals surface area (Å²) in [5.74, 6) is 0.773. The van der Waals surface area contributed by atoms with Gasteiger partial charge < -0.3 is 10.1 Å². The normalized spacial score (nSPS) is 14.9. The van der Waals surface area contributed by atoms with E-state index in [1.807, 2.05) is 56.5 Å². The Morgan fingerprint density at radius 1 is 1.21 bits per heavy atom. The molecule has 0 radical (unpaired) electrons. The molecule has 0 bridgehead atoms. The summed E-state index contributed by atoms with van der Waals surface area (Å²) < 4.78 is 6.24. The minimum absolute atomic E-state index is 0.0740. The summed E-state index contributed by atoms with van der Waals surface area (Å²) in [6, 6.07) is 13.7. The maximum atomic E-state index is 12.6. The number of hydrogen-bond acceptors (Lipinski definition) is 5. The predicted molar refractivity (Wildman–Crippen MR) is 116 cm³/mol. The van der Waals surface area contributed by atoms with Crippen LogP contribution in [-0.2, 0) is 6.42 Å². The molecule has 0 unspecified atom stereocenters. The van der Waals surface area contributed by atoms with Crippen LogP contribution in [0.1, 0.15) is 27.3 Å². The Labute approximate surface area is 174 Å². The fraction of sp³-hybridized carbons (Fsp3) is 0.261. The average Bonchev–Trinajstić information content (AvgIpc) is 3.17. The van der Waals surface area contributed by atoms with Gasteiger partial charge in [-0.1, -0.05) is 24.3 Å². The molecular formula is C23H23N3O2S. The highest BCUT2D eigenvalue weighted by Crippen LogP contribution is 2.38. The average molecular weight is 406 g/mol. The number of nitrogens with one attached hydrogen (secondary N) is 1. The Morgan fingerprint density at radius 3 is 2.86 bits per heavy atom. The number of nitrogens with zero attached hydrogens (tertiary/aromatic N) is 2. The summed E-state index contributed by atoms with van der Waals surface area (Å²) in [5, 5.41) is 3.02. The molecule has 2 heterocycles. The molecule has 5 nitrogen and oxygen atoms in total. The Bertz CT molecular complexity index is 1070. The smallest absolute Gasteiger partial charge is 0.252 e. The predicted octanol–water partition coefficient (Wildman–Crippen LogP) is 4.22. The fourth-order valence-electron chi connectivity index (χ4n) is 3.57. The van der Waals surface area contributed by atoms with Crippen molar-refractivity contribution >= 4 is 17.7 Å². The Hall–Kier alpha value is -2.86. The molecular weight excluding hydrogens is 382 g/mol. The second kappa shape index (κ2) is 8.25. The number of aryl methyl sites for hydroxylation is 2. The first-order valence-electron chi connectivity index (χ1n) is 9.57. The van der Waals surface area contributed by atoms with Gasteiger partial charge in [0.2, 0.25) is 0 Å². The molecule has 1 amide bonds. The number of para-hydroxylation sites is 1. The van der Waals surface area contributed by atoms with Crippen LogP contribution in [0.25, 0.3) is 11.3 Å². The molecule has 3 aromatic rings. The highest BCUT2D eigenvalue weighted by atomic mass is 32.2. The van der Waals surface area contributed by atoms with E-state index in [0.29, 0.717) is 12.1 Å². The fourth-order valence-corrected chi connectivity index (χ4v) is 4.16. The zero-order chi connectivity index (χ0) is 20.4. The second-order valence-electron chi connectivity index (χ2n) is 7.09. The summed E-state index contributed by atoms with van der Waals surface area (Å²) >= 11 is 1.57. The Balaban J connectivity index is 1.50. The lowest BCUT2D eigenvalue weighted by Crippen LogP contribution is -2.34. The van der Waals surface area contributed by atoms with Crippen LogP contribution in [0.4, 0.5) is 0 Å². The molecule has 1 atom stereocenters. The van der Waals surface area contributed by atoms with Gasteiger partial charge in [-0.25, -0.2) is 4.98 Å². The molecule has 4 rings (SSSR count). The van der Waals surface area contributed by atoms with Crippen LogP contribution in [0, 0.1) is 13.8 Å². The van der Waals surface area contributed by atoms with Gasteiger partial charge in [0, 0.05) is 23.1 Å². The van der Waals surface area contributed by atoms with E-state index in [2.05, 4.69) is 21.4 Å². The number of rotatable bonds is 5. The molecule has 1 aliphatic rings. The van der Waals surface area contributed by atoms with Crippen LogP contribution in [-0.4, -0.2) is 34.8 Å². The van der Waals surface area contributed by atoms with E-state index in [9.17, 15) is 4.79 Å². The minimum Gasteiger partial charge on any atom is -0.487 e. The van der Waals surface area contributed by atoms with Gasteiger partial charge in [-0.2, -0.15) is 0 Å². The van der Waals surface area contributed by atoms with Crippen molar-refractivity contribution in [3.63, 3.8) is 0 Å². The zero-order valence-electron chi connectivity index (χ0n) is 16.7. The summed E-state index contributed by atoms with van der Waals surface area (Å²) in [6.45, 7) is 4.34. The molecule has 148 valence electrons. The van der Waals surface area contributed by atoms with Gasteiger partial charge in [0.15, 0.2) is 0 Å². The maximum absolute atomic E-state index is 12.6. The number of carbonyl (C=O) groups excluding carboxylic acids is 1. The first-order chi connectivity index (χ1) is 14.1. The third-order valence-electron chi connectivity index (χ3n) is 5.00. The van der Waals surface area contributed by atoms with Crippen LogP contribution in [0.2, 0.25) is 0 Å². The number of aromatic nitrogens is 2. The van der Waals surface area contributed by atoms with Gasteiger partial charge in [-0.15, -0.1) is 11.8 Å². The van der Waals surface area contributed by atoms with Crippen molar-refractivity contribution in [1.29, 1.82) is 0 Å². The number of amides is 1. The van der Waals surface area contributed by atoms with Crippen molar-refractivity contribution in [3.8, 4) is 17.0 Å². The first kappa shape index (κ1) is 19.5. The molecule has 1 aromatic heterocycles.